The van der Waals surface area contributed by atoms with Gasteiger partial charge in [-0.05, 0) is 12.1 Å². The van der Waals surface area contributed by atoms with Crippen LogP contribution in [0.25, 0.3) is 11.1 Å². The van der Waals surface area contributed by atoms with Gasteiger partial charge in [0.05, 0.1) is 11.9 Å². The molecule has 0 unspecified atom stereocenters. The number of nitrogens with two attached hydrogens (primary N) is 1. The Morgan fingerprint density at radius 2 is 1.84 bits per heavy atom. The van der Waals surface area contributed by atoms with Gasteiger partial charge in [0.2, 0.25) is 0 Å². The largest absolute Gasteiger partial charge is 0.408 e. The minimum absolute atomic E-state index is 0.0423. The van der Waals surface area contributed by atoms with E-state index < -0.39 is 24.4 Å². The summed E-state index contributed by atoms with van der Waals surface area (Å²) < 4.78 is 63.8. The van der Waals surface area contributed by atoms with Gasteiger partial charge < -0.3 is 5.73 Å². The van der Waals surface area contributed by atoms with Crippen LogP contribution in [-0.4, -0.2) is 16.0 Å². The first-order chi connectivity index (χ1) is 8.78. The monoisotopic (exact) mass is 277 g/mol. The predicted molar refractivity (Wildman–Crippen MR) is 58.0 cm³/mol. The smallest absolute Gasteiger partial charge is 0.396 e. The van der Waals surface area contributed by atoms with Crippen LogP contribution >= 0.6 is 0 Å². The van der Waals surface area contributed by atoms with Crippen molar-refractivity contribution < 1.29 is 22.0 Å². The molecule has 0 atom stereocenters. The maximum absolute atomic E-state index is 13.6. The van der Waals surface area contributed by atoms with Gasteiger partial charge in [0.1, 0.15) is 6.54 Å². The van der Waals surface area contributed by atoms with Crippen LogP contribution < -0.4 is 5.73 Å². The minimum atomic E-state index is -4.44. The second-order valence-electron chi connectivity index (χ2n) is 3.87. The van der Waals surface area contributed by atoms with Crippen LogP contribution in [0.5, 0.6) is 0 Å². The van der Waals surface area contributed by atoms with Gasteiger partial charge in [-0.15, -0.1) is 0 Å². The molecule has 2 rings (SSSR count). The topological polar surface area (TPSA) is 43.8 Å². The molecule has 1 heterocycles. The number of nitrogens with zero attached hydrogens (tertiary/aromatic N) is 2. The number of alkyl halides is 3. The number of hydrogen-bond donors (Lipinski definition) is 1. The van der Waals surface area contributed by atoms with Crippen LogP contribution in [0.1, 0.15) is 0 Å². The highest BCUT2D eigenvalue weighted by Gasteiger charge is 2.28. The van der Waals surface area contributed by atoms with E-state index in [2.05, 4.69) is 5.10 Å². The quantitative estimate of drug-likeness (QED) is 0.677. The van der Waals surface area contributed by atoms with E-state index in [0.717, 1.165) is 18.5 Å². The molecule has 3 nitrogen and oxygen atoms in total. The van der Waals surface area contributed by atoms with Gasteiger partial charge in [-0.1, -0.05) is 0 Å². The zero-order valence-electron chi connectivity index (χ0n) is 9.38. The summed E-state index contributed by atoms with van der Waals surface area (Å²) >= 11 is 0. The number of hydrogen-bond acceptors (Lipinski definition) is 2. The molecule has 2 N–H and O–H groups in total. The third-order valence-corrected chi connectivity index (χ3v) is 2.40. The van der Waals surface area contributed by atoms with Crippen molar-refractivity contribution in [3.63, 3.8) is 0 Å². The molecule has 0 aliphatic carbocycles. The van der Waals surface area contributed by atoms with Crippen LogP contribution in [0.2, 0.25) is 0 Å². The summed E-state index contributed by atoms with van der Waals surface area (Å²) in [6, 6.07) is 2.32. The summed E-state index contributed by atoms with van der Waals surface area (Å²) in [5.41, 5.74) is 4.65. The molecule has 0 saturated heterocycles. The summed E-state index contributed by atoms with van der Waals surface area (Å²) in [5, 5.41) is 3.45. The molecular weight excluding hydrogens is 269 g/mol. The van der Waals surface area contributed by atoms with Crippen molar-refractivity contribution in [2.75, 3.05) is 5.73 Å². The van der Waals surface area contributed by atoms with E-state index in [1.165, 1.54) is 6.07 Å². The van der Waals surface area contributed by atoms with E-state index in [9.17, 15) is 22.0 Å². The first-order valence-electron chi connectivity index (χ1n) is 5.11. The first-order valence-corrected chi connectivity index (χ1v) is 5.11. The van der Waals surface area contributed by atoms with Crippen LogP contribution in [-0.2, 0) is 6.54 Å². The molecule has 0 aliphatic heterocycles. The van der Waals surface area contributed by atoms with Gasteiger partial charge in [0.25, 0.3) is 0 Å². The average Bonchev–Trinajstić information content (AvgIpc) is 2.72. The Morgan fingerprint density at radius 1 is 1.16 bits per heavy atom. The van der Waals surface area contributed by atoms with Crippen molar-refractivity contribution in [3.8, 4) is 11.1 Å². The number of halogens is 5. The Balaban J connectivity index is 2.36. The number of benzene rings is 1. The van der Waals surface area contributed by atoms with E-state index >= 15 is 0 Å². The van der Waals surface area contributed by atoms with Crippen molar-refractivity contribution in [2.24, 2.45) is 0 Å². The highest BCUT2D eigenvalue weighted by molar-refractivity contribution is 5.65. The molecule has 102 valence electrons. The SMILES string of the molecule is Nc1ccc(-c2cnn(CC(F)(F)F)c2)c(F)c1F. The van der Waals surface area contributed by atoms with Gasteiger partial charge in [-0.25, -0.2) is 8.78 Å². The Kier molecular flexibility index (Phi) is 3.17. The lowest BCUT2D eigenvalue weighted by molar-refractivity contribution is -0.142. The Morgan fingerprint density at radius 3 is 2.47 bits per heavy atom. The fourth-order valence-electron chi connectivity index (χ4n) is 1.56. The number of aromatic nitrogens is 2. The molecule has 0 amide bonds. The molecule has 0 bridgehead atoms. The molecule has 0 saturated carbocycles. The molecule has 2 aromatic rings. The number of rotatable bonds is 2. The van der Waals surface area contributed by atoms with Crippen LogP contribution in [0.3, 0.4) is 0 Å². The molecule has 19 heavy (non-hydrogen) atoms. The van der Waals surface area contributed by atoms with Crippen molar-refractivity contribution >= 4 is 5.69 Å². The summed E-state index contributed by atoms with van der Waals surface area (Å²) in [4.78, 5) is 0. The summed E-state index contributed by atoms with van der Waals surface area (Å²) in [6.45, 7) is -1.30. The van der Waals surface area contributed by atoms with E-state index in [1.807, 2.05) is 0 Å². The molecule has 1 aromatic heterocycles. The molecule has 0 spiro atoms. The third-order valence-electron chi connectivity index (χ3n) is 2.40. The van der Waals surface area contributed by atoms with E-state index in [1.54, 1.807) is 0 Å². The minimum Gasteiger partial charge on any atom is -0.396 e. The molecule has 0 radical (unpaired) electrons. The standard InChI is InChI=1S/C11H8F5N3/c12-9-7(1-2-8(17)10(9)13)6-3-18-19(4-6)5-11(14,15)16/h1-4H,5,17H2. The van der Waals surface area contributed by atoms with Crippen molar-refractivity contribution in [3.05, 3.63) is 36.2 Å². The Bertz CT molecular complexity index is 603. The Labute approximate surface area is 104 Å². The normalized spacial score (nSPS) is 11.8. The average molecular weight is 277 g/mol. The van der Waals surface area contributed by atoms with E-state index in [0.29, 0.717) is 4.68 Å². The van der Waals surface area contributed by atoms with Crippen LogP contribution in [0.15, 0.2) is 24.5 Å². The summed E-state index contributed by atoms with van der Waals surface area (Å²) in [7, 11) is 0. The van der Waals surface area contributed by atoms with Crippen LogP contribution in [0.4, 0.5) is 27.6 Å². The van der Waals surface area contributed by atoms with Crippen molar-refractivity contribution in [2.45, 2.75) is 12.7 Å². The second-order valence-corrected chi connectivity index (χ2v) is 3.87. The lowest BCUT2D eigenvalue weighted by Crippen LogP contribution is -2.17. The lowest BCUT2D eigenvalue weighted by Gasteiger charge is -2.05. The molecular formula is C11H8F5N3. The highest BCUT2D eigenvalue weighted by Crippen LogP contribution is 2.27. The maximum Gasteiger partial charge on any atom is 0.408 e. The van der Waals surface area contributed by atoms with Crippen LogP contribution in [0, 0.1) is 11.6 Å². The van der Waals surface area contributed by atoms with E-state index in [-0.39, 0.29) is 16.8 Å². The van der Waals surface area contributed by atoms with Crippen molar-refractivity contribution in [1.29, 1.82) is 0 Å². The lowest BCUT2D eigenvalue weighted by atomic mass is 10.1. The highest BCUT2D eigenvalue weighted by atomic mass is 19.4. The number of anilines is 1. The zero-order chi connectivity index (χ0) is 14.2. The van der Waals surface area contributed by atoms with Gasteiger partial charge in [-0.2, -0.15) is 18.3 Å². The maximum atomic E-state index is 13.6. The second kappa shape index (κ2) is 4.52. The van der Waals surface area contributed by atoms with E-state index in [4.69, 9.17) is 5.73 Å². The summed E-state index contributed by atoms with van der Waals surface area (Å²) in [5.74, 6) is -2.45. The molecule has 8 heteroatoms. The molecule has 1 aromatic carbocycles. The molecule has 0 fully saturated rings. The first kappa shape index (κ1) is 13.3. The number of nitrogen functional groups attached to an aromatic ring is 1. The van der Waals surface area contributed by atoms with Gasteiger partial charge in [0.15, 0.2) is 11.6 Å². The fraction of sp³-hybridized carbons (Fsp3) is 0.182. The molecule has 0 aliphatic rings. The summed E-state index contributed by atoms with van der Waals surface area (Å²) in [6.07, 6.45) is -2.42. The van der Waals surface area contributed by atoms with Crippen molar-refractivity contribution in [1.82, 2.24) is 9.78 Å². The fourth-order valence-corrected chi connectivity index (χ4v) is 1.56. The Hall–Kier alpha value is -2.12. The zero-order valence-corrected chi connectivity index (χ0v) is 9.38. The predicted octanol–water partition coefficient (Wildman–Crippen LogP) is 2.97. The van der Waals surface area contributed by atoms with Gasteiger partial charge in [0, 0.05) is 17.3 Å². The van der Waals surface area contributed by atoms with Gasteiger partial charge >= 0.3 is 6.18 Å². The third kappa shape index (κ3) is 2.83. The van der Waals surface area contributed by atoms with Gasteiger partial charge in [-0.3, -0.25) is 4.68 Å².